The zero-order valence-corrected chi connectivity index (χ0v) is 12.1. The average molecular weight is 283 g/mol. The van der Waals surface area contributed by atoms with E-state index in [1.165, 1.54) is 6.07 Å². The van der Waals surface area contributed by atoms with Gasteiger partial charge in [0.2, 0.25) is 0 Å². The van der Waals surface area contributed by atoms with Gasteiger partial charge in [-0.1, -0.05) is 6.07 Å². The van der Waals surface area contributed by atoms with Crippen LogP contribution in [0.25, 0.3) is 0 Å². The fourth-order valence-electron chi connectivity index (χ4n) is 1.66. The predicted octanol–water partition coefficient (Wildman–Crippen LogP) is 1.46. The van der Waals surface area contributed by atoms with Crippen LogP contribution in [0.3, 0.4) is 0 Å². The topological polar surface area (TPSA) is 64.6 Å². The van der Waals surface area contributed by atoms with Gasteiger partial charge >= 0.3 is 6.03 Å². The molecule has 0 aliphatic rings. The zero-order valence-electron chi connectivity index (χ0n) is 12.1. The maximum Gasteiger partial charge on any atom is 0.315 e. The fourth-order valence-corrected chi connectivity index (χ4v) is 1.66. The van der Waals surface area contributed by atoms with Crippen molar-refractivity contribution >= 4 is 11.7 Å². The molecule has 0 bridgehead atoms. The molecule has 1 aromatic rings. The van der Waals surface area contributed by atoms with E-state index in [2.05, 4.69) is 10.6 Å². The maximum atomic E-state index is 13.7. The van der Waals surface area contributed by atoms with Crippen LogP contribution < -0.4 is 15.5 Å². The lowest BCUT2D eigenvalue weighted by Crippen LogP contribution is -2.36. The summed E-state index contributed by atoms with van der Waals surface area (Å²) in [7, 11) is 3.54. The highest BCUT2D eigenvalue weighted by atomic mass is 19.1. The van der Waals surface area contributed by atoms with E-state index < -0.39 is 6.10 Å². The molecule has 0 radical (unpaired) electrons. The standard InChI is InChI=1S/C14H22FN3O2/c1-10(19)6-7-16-14(20)17-9-11-4-5-13(18(2)3)12(15)8-11/h4-5,8,10,19H,6-7,9H2,1-3H3,(H2,16,17,20). The second-order valence-electron chi connectivity index (χ2n) is 4.93. The van der Waals surface area contributed by atoms with Gasteiger partial charge in [0.15, 0.2) is 0 Å². The number of aliphatic hydroxyl groups excluding tert-OH is 1. The Bertz CT molecular complexity index is 450. The third-order valence-corrected chi connectivity index (χ3v) is 2.79. The number of aliphatic hydroxyl groups is 1. The van der Waals surface area contributed by atoms with Gasteiger partial charge in [-0.3, -0.25) is 0 Å². The van der Waals surface area contributed by atoms with Crippen LogP contribution in [0.4, 0.5) is 14.9 Å². The normalized spacial score (nSPS) is 11.8. The highest BCUT2D eigenvalue weighted by molar-refractivity contribution is 5.73. The van der Waals surface area contributed by atoms with Crippen molar-refractivity contribution < 1.29 is 14.3 Å². The van der Waals surface area contributed by atoms with Gasteiger partial charge < -0.3 is 20.6 Å². The van der Waals surface area contributed by atoms with E-state index >= 15 is 0 Å². The minimum Gasteiger partial charge on any atom is -0.393 e. The number of rotatable bonds is 6. The van der Waals surface area contributed by atoms with Gasteiger partial charge in [-0.25, -0.2) is 9.18 Å². The monoisotopic (exact) mass is 283 g/mol. The molecule has 1 aromatic carbocycles. The molecular formula is C14H22FN3O2. The minimum absolute atomic E-state index is 0.255. The summed E-state index contributed by atoms with van der Waals surface area (Å²) in [6, 6.07) is 4.53. The number of carbonyl (C=O) groups excluding carboxylic acids is 1. The van der Waals surface area contributed by atoms with Gasteiger partial charge in [0.25, 0.3) is 0 Å². The van der Waals surface area contributed by atoms with E-state index in [-0.39, 0.29) is 18.4 Å². The highest BCUT2D eigenvalue weighted by Crippen LogP contribution is 2.18. The Morgan fingerprint density at radius 3 is 2.65 bits per heavy atom. The Morgan fingerprint density at radius 1 is 1.40 bits per heavy atom. The quantitative estimate of drug-likeness (QED) is 0.740. The van der Waals surface area contributed by atoms with E-state index in [1.54, 1.807) is 38.1 Å². The van der Waals surface area contributed by atoms with Crippen molar-refractivity contribution in [2.45, 2.75) is 26.0 Å². The molecule has 1 unspecified atom stereocenters. The summed E-state index contributed by atoms with van der Waals surface area (Å²) < 4.78 is 13.7. The summed E-state index contributed by atoms with van der Waals surface area (Å²) in [6.07, 6.45) is 0.0579. The first kappa shape index (κ1) is 16.2. The Kier molecular flexibility index (Phi) is 6.24. The van der Waals surface area contributed by atoms with Gasteiger partial charge in [-0.15, -0.1) is 0 Å². The molecule has 0 fully saturated rings. The SMILES string of the molecule is CC(O)CCNC(=O)NCc1ccc(N(C)C)c(F)c1. The summed E-state index contributed by atoms with van der Waals surface area (Å²) in [5.41, 5.74) is 1.20. The number of urea groups is 1. The number of halogens is 1. The summed E-state index contributed by atoms with van der Waals surface area (Å²) in [6.45, 7) is 2.32. The molecule has 1 atom stereocenters. The smallest absolute Gasteiger partial charge is 0.315 e. The predicted molar refractivity (Wildman–Crippen MR) is 77.3 cm³/mol. The molecule has 0 saturated heterocycles. The molecule has 0 aliphatic carbocycles. The lowest BCUT2D eigenvalue weighted by atomic mass is 10.2. The molecule has 1 rings (SSSR count). The van der Waals surface area contributed by atoms with E-state index in [0.717, 1.165) is 0 Å². The largest absolute Gasteiger partial charge is 0.393 e. The zero-order chi connectivity index (χ0) is 15.1. The summed E-state index contributed by atoms with van der Waals surface area (Å²) >= 11 is 0. The summed E-state index contributed by atoms with van der Waals surface area (Å²) in [5.74, 6) is -0.316. The molecule has 20 heavy (non-hydrogen) atoms. The second kappa shape index (κ2) is 7.69. The summed E-state index contributed by atoms with van der Waals surface area (Å²) in [5, 5.41) is 14.3. The maximum absolute atomic E-state index is 13.7. The number of nitrogens with zero attached hydrogens (tertiary/aromatic N) is 1. The summed E-state index contributed by atoms with van der Waals surface area (Å²) in [4.78, 5) is 13.1. The minimum atomic E-state index is -0.442. The number of nitrogens with one attached hydrogen (secondary N) is 2. The Labute approximate surface area is 118 Å². The number of hydrogen-bond acceptors (Lipinski definition) is 3. The number of hydrogen-bond donors (Lipinski definition) is 3. The number of amides is 2. The van der Waals surface area contributed by atoms with Crippen molar-refractivity contribution in [1.82, 2.24) is 10.6 Å². The van der Waals surface area contributed by atoms with Crippen LogP contribution in [0.1, 0.15) is 18.9 Å². The molecule has 2 amide bonds. The van der Waals surface area contributed by atoms with Crippen molar-refractivity contribution in [3.8, 4) is 0 Å². The highest BCUT2D eigenvalue weighted by Gasteiger charge is 2.06. The van der Waals surface area contributed by atoms with Crippen LogP contribution >= 0.6 is 0 Å². The molecule has 0 aliphatic heterocycles. The molecule has 0 saturated carbocycles. The van der Waals surface area contributed by atoms with E-state index in [0.29, 0.717) is 24.2 Å². The Hall–Kier alpha value is -1.82. The van der Waals surface area contributed by atoms with Crippen LogP contribution in [0.15, 0.2) is 18.2 Å². The molecule has 5 nitrogen and oxygen atoms in total. The third-order valence-electron chi connectivity index (χ3n) is 2.79. The van der Waals surface area contributed by atoms with Crippen LogP contribution in [0, 0.1) is 5.82 Å². The first-order valence-electron chi connectivity index (χ1n) is 6.55. The molecule has 0 aromatic heterocycles. The average Bonchev–Trinajstić information content (AvgIpc) is 2.35. The number of benzene rings is 1. The number of anilines is 1. The van der Waals surface area contributed by atoms with Crippen LogP contribution in [-0.2, 0) is 6.54 Å². The van der Waals surface area contributed by atoms with Crippen molar-refractivity contribution in [1.29, 1.82) is 0 Å². The van der Waals surface area contributed by atoms with Crippen molar-refractivity contribution in [2.24, 2.45) is 0 Å². The molecule has 0 heterocycles. The van der Waals surface area contributed by atoms with Crippen LogP contribution in [0.5, 0.6) is 0 Å². The molecule has 112 valence electrons. The van der Waals surface area contributed by atoms with Gasteiger partial charge in [-0.05, 0) is 31.0 Å². The lowest BCUT2D eigenvalue weighted by molar-refractivity contribution is 0.183. The van der Waals surface area contributed by atoms with E-state index in [4.69, 9.17) is 5.11 Å². The molecule has 3 N–H and O–H groups in total. The van der Waals surface area contributed by atoms with E-state index in [1.807, 2.05) is 0 Å². The molecule has 6 heteroatoms. The van der Waals surface area contributed by atoms with Gasteiger partial charge in [0.05, 0.1) is 11.8 Å². The first-order valence-corrected chi connectivity index (χ1v) is 6.55. The van der Waals surface area contributed by atoms with Crippen molar-refractivity contribution in [3.05, 3.63) is 29.6 Å². The van der Waals surface area contributed by atoms with Crippen molar-refractivity contribution in [2.75, 3.05) is 25.5 Å². The van der Waals surface area contributed by atoms with Crippen LogP contribution in [-0.4, -0.2) is 37.9 Å². The third kappa shape index (κ3) is 5.44. The first-order chi connectivity index (χ1) is 9.40. The van der Waals surface area contributed by atoms with Gasteiger partial charge in [-0.2, -0.15) is 0 Å². The Morgan fingerprint density at radius 2 is 2.10 bits per heavy atom. The van der Waals surface area contributed by atoms with Crippen LogP contribution in [0.2, 0.25) is 0 Å². The fraction of sp³-hybridized carbons (Fsp3) is 0.500. The van der Waals surface area contributed by atoms with Gasteiger partial charge in [0, 0.05) is 27.2 Å². The van der Waals surface area contributed by atoms with Gasteiger partial charge in [0.1, 0.15) is 5.82 Å². The lowest BCUT2D eigenvalue weighted by Gasteiger charge is -2.14. The van der Waals surface area contributed by atoms with Crippen molar-refractivity contribution in [3.63, 3.8) is 0 Å². The van der Waals surface area contributed by atoms with E-state index in [9.17, 15) is 9.18 Å². The second-order valence-corrected chi connectivity index (χ2v) is 4.93. The number of carbonyl (C=O) groups is 1. The Balaban J connectivity index is 2.42. The molecular weight excluding hydrogens is 261 g/mol. The molecule has 0 spiro atoms.